The van der Waals surface area contributed by atoms with Gasteiger partial charge in [-0.15, -0.1) is 0 Å². The molecule has 1 atom stereocenters. The lowest BCUT2D eigenvalue weighted by molar-refractivity contribution is 0.390. The van der Waals surface area contributed by atoms with Crippen molar-refractivity contribution in [2.75, 3.05) is 5.33 Å². The van der Waals surface area contributed by atoms with Gasteiger partial charge in [-0.1, -0.05) is 22.9 Å². The number of hydrogen-bond acceptors (Lipinski definition) is 3. The molecule has 98 valence electrons. The number of aromatic nitrogens is 2. The minimum absolute atomic E-state index is 0.187. The predicted octanol–water partition coefficient (Wildman–Crippen LogP) is 1.65. The van der Waals surface area contributed by atoms with Crippen LogP contribution in [0.4, 0.5) is 0 Å². The Kier molecular flexibility index (Phi) is 4.74. The standard InChI is InChI=1S/C10H18BrN3O2S/c1-4-10(2,6-7-11)13-17(15,16)9-5-8-12-14(9)3/h5,8,13H,4,6-7H2,1-3H3. The lowest BCUT2D eigenvalue weighted by Crippen LogP contribution is -2.46. The van der Waals surface area contributed by atoms with E-state index in [9.17, 15) is 8.42 Å². The van der Waals surface area contributed by atoms with E-state index in [4.69, 9.17) is 0 Å². The average Bonchev–Trinajstić information content (AvgIpc) is 2.65. The van der Waals surface area contributed by atoms with Crippen molar-refractivity contribution in [3.63, 3.8) is 0 Å². The lowest BCUT2D eigenvalue weighted by Gasteiger charge is -2.28. The van der Waals surface area contributed by atoms with E-state index >= 15 is 0 Å². The van der Waals surface area contributed by atoms with E-state index in [1.807, 2.05) is 13.8 Å². The summed E-state index contributed by atoms with van der Waals surface area (Å²) >= 11 is 3.34. The van der Waals surface area contributed by atoms with E-state index in [0.29, 0.717) is 0 Å². The lowest BCUT2D eigenvalue weighted by atomic mass is 9.98. The Labute approximate surface area is 111 Å². The highest BCUT2D eigenvalue weighted by Crippen LogP contribution is 2.19. The van der Waals surface area contributed by atoms with Crippen LogP contribution in [0.5, 0.6) is 0 Å². The Bertz CT molecular complexity index is 472. The van der Waals surface area contributed by atoms with E-state index in [1.54, 1.807) is 7.05 Å². The van der Waals surface area contributed by atoms with Gasteiger partial charge >= 0.3 is 0 Å². The number of sulfonamides is 1. The summed E-state index contributed by atoms with van der Waals surface area (Å²) in [7, 11) is -1.90. The molecule has 0 amide bonds. The number of rotatable bonds is 6. The van der Waals surface area contributed by atoms with Gasteiger partial charge in [0.2, 0.25) is 0 Å². The molecular formula is C10H18BrN3O2S. The number of alkyl halides is 1. The zero-order valence-electron chi connectivity index (χ0n) is 10.3. The molecule has 5 nitrogen and oxygen atoms in total. The molecule has 7 heteroatoms. The fourth-order valence-corrected chi connectivity index (χ4v) is 4.02. The molecule has 0 saturated heterocycles. The highest BCUT2D eigenvalue weighted by atomic mass is 79.9. The first kappa shape index (κ1) is 14.7. The number of nitrogens with one attached hydrogen (secondary N) is 1. The van der Waals surface area contributed by atoms with Gasteiger partial charge in [0.25, 0.3) is 10.0 Å². The number of aryl methyl sites for hydroxylation is 1. The summed E-state index contributed by atoms with van der Waals surface area (Å²) in [6, 6.07) is 1.49. The molecule has 0 aliphatic carbocycles. The molecule has 1 aromatic heterocycles. The topological polar surface area (TPSA) is 64.0 Å². The summed E-state index contributed by atoms with van der Waals surface area (Å²) in [6.45, 7) is 3.87. The van der Waals surface area contributed by atoms with Crippen LogP contribution in [0, 0.1) is 0 Å². The third-order valence-corrected chi connectivity index (χ3v) is 4.97. The van der Waals surface area contributed by atoms with E-state index in [2.05, 4.69) is 25.8 Å². The minimum atomic E-state index is -3.51. The maximum atomic E-state index is 12.2. The molecule has 0 aliphatic heterocycles. The summed E-state index contributed by atoms with van der Waals surface area (Å²) in [5.74, 6) is 0. The van der Waals surface area contributed by atoms with Gasteiger partial charge in [0, 0.05) is 17.9 Å². The van der Waals surface area contributed by atoms with Gasteiger partial charge in [-0.25, -0.2) is 13.1 Å². The summed E-state index contributed by atoms with van der Waals surface area (Å²) in [5.41, 5.74) is -0.438. The number of nitrogens with zero attached hydrogens (tertiary/aromatic N) is 2. The highest BCUT2D eigenvalue weighted by Gasteiger charge is 2.29. The molecule has 1 N–H and O–H groups in total. The molecule has 0 bridgehead atoms. The zero-order valence-corrected chi connectivity index (χ0v) is 12.7. The Morgan fingerprint density at radius 3 is 2.65 bits per heavy atom. The summed E-state index contributed by atoms with van der Waals surface area (Å²) < 4.78 is 28.5. The van der Waals surface area contributed by atoms with Crippen LogP contribution in [0.15, 0.2) is 17.3 Å². The Balaban J connectivity index is 2.98. The molecule has 0 saturated carbocycles. The van der Waals surface area contributed by atoms with E-state index in [0.717, 1.165) is 18.2 Å². The molecule has 0 fully saturated rings. The smallest absolute Gasteiger partial charge is 0.256 e. The molecular weight excluding hydrogens is 306 g/mol. The Morgan fingerprint density at radius 1 is 1.59 bits per heavy atom. The van der Waals surface area contributed by atoms with Crippen molar-refractivity contribution in [3.8, 4) is 0 Å². The van der Waals surface area contributed by atoms with E-state index < -0.39 is 15.6 Å². The maximum absolute atomic E-state index is 12.2. The van der Waals surface area contributed by atoms with E-state index in [1.165, 1.54) is 16.9 Å². The van der Waals surface area contributed by atoms with Crippen molar-refractivity contribution >= 4 is 26.0 Å². The SMILES string of the molecule is CCC(C)(CCBr)NS(=O)(=O)c1ccnn1C. The van der Waals surface area contributed by atoms with Crippen molar-refractivity contribution < 1.29 is 8.42 Å². The Hall–Kier alpha value is -0.400. The molecule has 0 aromatic carbocycles. The molecule has 1 rings (SSSR count). The van der Waals surface area contributed by atoms with Crippen molar-refractivity contribution in [2.45, 2.75) is 37.3 Å². The highest BCUT2D eigenvalue weighted by molar-refractivity contribution is 9.09. The van der Waals surface area contributed by atoms with Gasteiger partial charge in [-0.05, 0) is 25.8 Å². The van der Waals surface area contributed by atoms with Crippen LogP contribution in [0.3, 0.4) is 0 Å². The monoisotopic (exact) mass is 323 g/mol. The first-order valence-corrected chi connectivity index (χ1v) is 8.03. The second-order valence-corrected chi connectivity index (χ2v) is 6.67. The van der Waals surface area contributed by atoms with Crippen molar-refractivity contribution in [1.82, 2.24) is 14.5 Å². The predicted molar refractivity (Wildman–Crippen MR) is 70.6 cm³/mol. The van der Waals surface area contributed by atoms with E-state index in [-0.39, 0.29) is 5.03 Å². The summed E-state index contributed by atoms with van der Waals surface area (Å²) in [4.78, 5) is 0. The van der Waals surface area contributed by atoms with Gasteiger partial charge < -0.3 is 0 Å². The average molecular weight is 324 g/mol. The van der Waals surface area contributed by atoms with Gasteiger partial charge in [-0.2, -0.15) is 5.10 Å². The van der Waals surface area contributed by atoms with Crippen molar-refractivity contribution in [3.05, 3.63) is 12.3 Å². The van der Waals surface area contributed by atoms with Crippen LogP contribution in [0.25, 0.3) is 0 Å². The minimum Gasteiger partial charge on any atom is -0.256 e. The van der Waals surface area contributed by atoms with Gasteiger partial charge in [0.15, 0.2) is 5.03 Å². The molecule has 17 heavy (non-hydrogen) atoms. The largest absolute Gasteiger partial charge is 0.258 e. The molecule has 0 aliphatic rings. The van der Waals surface area contributed by atoms with Crippen molar-refractivity contribution in [1.29, 1.82) is 0 Å². The number of halogens is 1. The molecule has 1 aromatic rings. The molecule has 0 radical (unpaired) electrons. The first-order chi connectivity index (χ1) is 7.84. The van der Waals surface area contributed by atoms with Crippen LogP contribution in [0.1, 0.15) is 26.7 Å². The second kappa shape index (κ2) is 5.49. The van der Waals surface area contributed by atoms with Crippen molar-refractivity contribution in [2.24, 2.45) is 7.05 Å². The summed E-state index contributed by atoms with van der Waals surface area (Å²) in [6.07, 6.45) is 2.94. The molecule has 0 spiro atoms. The normalized spacial score (nSPS) is 15.8. The fourth-order valence-electron chi connectivity index (χ4n) is 1.51. The quantitative estimate of drug-likeness (QED) is 0.810. The van der Waals surface area contributed by atoms with Crippen LogP contribution in [-0.4, -0.2) is 29.1 Å². The third kappa shape index (κ3) is 3.53. The summed E-state index contributed by atoms with van der Waals surface area (Å²) in [5, 5.41) is 4.81. The van der Waals surface area contributed by atoms with Crippen LogP contribution in [0.2, 0.25) is 0 Å². The molecule has 1 heterocycles. The number of hydrogen-bond donors (Lipinski definition) is 1. The molecule has 1 unspecified atom stereocenters. The Morgan fingerprint density at radius 2 is 2.24 bits per heavy atom. The van der Waals surface area contributed by atoms with Gasteiger partial charge in [-0.3, -0.25) is 4.68 Å². The second-order valence-electron chi connectivity index (χ2n) is 4.25. The van der Waals surface area contributed by atoms with Gasteiger partial charge in [0.05, 0.1) is 6.20 Å². The fraction of sp³-hybridized carbons (Fsp3) is 0.700. The van der Waals surface area contributed by atoms with Crippen LogP contribution < -0.4 is 4.72 Å². The first-order valence-electron chi connectivity index (χ1n) is 5.42. The zero-order chi connectivity index (χ0) is 13.1. The van der Waals surface area contributed by atoms with Gasteiger partial charge in [0.1, 0.15) is 0 Å². The third-order valence-electron chi connectivity index (χ3n) is 2.86. The van der Waals surface area contributed by atoms with Crippen LogP contribution >= 0.6 is 15.9 Å². The maximum Gasteiger partial charge on any atom is 0.258 e. The van der Waals surface area contributed by atoms with Crippen LogP contribution in [-0.2, 0) is 17.1 Å².